The van der Waals surface area contributed by atoms with Crippen molar-refractivity contribution in [1.82, 2.24) is 4.90 Å². The molecule has 5 heteroatoms. The van der Waals surface area contributed by atoms with Crippen molar-refractivity contribution >= 4 is 17.5 Å². The molecule has 0 saturated heterocycles. The maximum Gasteiger partial charge on any atom is 0.227 e. The summed E-state index contributed by atoms with van der Waals surface area (Å²) in [4.78, 5) is 25.9. The Bertz CT molecular complexity index is 821. The third-order valence-electron chi connectivity index (χ3n) is 4.84. The summed E-state index contributed by atoms with van der Waals surface area (Å²) >= 11 is 0. The van der Waals surface area contributed by atoms with Crippen LogP contribution in [0, 0.1) is 19.8 Å². The molecule has 2 amide bonds. The third kappa shape index (κ3) is 5.84. The second kappa shape index (κ2) is 8.91. The first-order valence-corrected chi connectivity index (χ1v) is 9.75. The zero-order valence-corrected chi connectivity index (χ0v) is 16.8. The van der Waals surface area contributed by atoms with E-state index in [1.54, 1.807) is 11.9 Å². The number of amides is 2. The van der Waals surface area contributed by atoms with Gasteiger partial charge in [-0.1, -0.05) is 18.2 Å². The van der Waals surface area contributed by atoms with Gasteiger partial charge in [0.2, 0.25) is 11.8 Å². The molecule has 0 spiro atoms. The van der Waals surface area contributed by atoms with Crippen LogP contribution >= 0.6 is 0 Å². The lowest BCUT2D eigenvalue weighted by Gasteiger charge is -2.18. The van der Waals surface area contributed by atoms with Crippen molar-refractivity contribution < 1.29 is 14.3 Å². The fraction of sp³-hybridized carbons (Fsp3) is 0.391. The first-order valence-electron chi connectivity index (χ1n) is 9.75. The average Bonchev–Trinajstić information content (AvgIpc) is 3.47. The van der Waals surface area contributed by atoms with Gasteiger partial charge < -0.3 is 15.0 Å². The van der Waals surface area contributed by atoms with Crippen molar-refractivity contribution in [2.45, 2.75) is 33.1 Å². The molecule has 1 fully saturated rings. The summed E-state index contributed by atoms with van der Waals surface area (Å²) in [5.74, 6) is 1.15. The number of hydrogen-bond acceptors (Lipinski definition) is 3. The summed E-state index contributed by atoms with van der Waals surface area (Å²) in [6, 6.07) is 13.6. The molecule has 3 rings (SSSR count). The normalized spacial score (nSPS) is 13.1. The number of hydrogen-bond donors (Lipinski definition) is 1. The molecule has 0 radical (unpaired) electrons. The Morgan fingerprint density at radius 3 is 2.32 bits per heavy atom. The van der Waals surface area contributed by atoms with Crippen LogP contribution in [0.4, 0.5) is 5.69 Å². The number of carbonyl (C=O) groups is 2. The summed E-state index contributed by atoms with van der Waals surface area (Å²) in [6.45, 7) is 5.06. The molecule has 1 saturated carbocycles. The Balaban J connectivity index is 1.43. The smallest absolute Gasteiger partial charge is 0.227 e. The molecular formula is C23H28N2O3. The summed E-state index contributed by atoms with van der Waals surface area (Å²) in [5, 5.41) is 2.91. The zero-order chi connectivity index (χ0) is 20.1. The standard InChI is InChI=1S/C23H28N2O3/c1-16-12-17(2)14-21(13-16)28-11-10-25(3)22(26)15-18-4-8-20(9-5-18)24-23(27)19-6-7-19/h4-5,8-9,12-14,19H,6-7,10-11,15H2,1-3H3,(H,24,27). The number of ether oxygens (including phenoxy) is 1. The summed E-state index contributed by atoms with van der Waals surface area (Å²) in [5.41, 5.74) is 4.03. The number of nitrogens with zero attached hydrogens (tertiary/aromatic N) is 1. The highest BCUT2D eigenvalue weighted by atomic mass is 16.5. The second-order valence-electron chi connectivity index (χ2n) is 7.62. The van der Waals surface area contributed by atoms with E-state index in [1.807, 2.05) is 50.2 Å². The lowest BCUT2D eigenvalue weighted by molar-refractivity contribution is -0.129. The van der Waals surface area contributed by atoms with Crippen LogP contribution < -0.4 is 10.1 Å². The summed E-state index contributed by atoms with van der Waals surface area (Å²) in [6.07, 6.45) is 2.30. The molecule has 1 aliphatic carbocycles. The van der Waals surface area contributed by atoms with Gasteiger partial charge in [-0.15, -0.1) is 0 Å². The minimum absolute atomic E-state index is 0.0405. The molecule has 0 unspecified atom stereocenters. The van der Waals surface area contributed by atoms with Crippen LogP contribution in [-0.4, -0.2) is 36.9 Å². The van der Waals surface area contributed by atoms with E-state index in [0.717, 1.165) is 41.0 Å². The molecular weight excluding hydrogens is 352 g/mol. The third-order valence-corrected chi connectivity index (χ3v) is 4.84. The van der Waals surface area contributed by atoms with Crippen LogP contribution in [-0.2, 0) is 16.0 Å². The number of anilines is 1. The predicted molar refractivity (Wildman–Crippen MR) is 111 cm³/mol. The van der Waals surface area contributed by atoms with Crippen LogP contribution in [0.2, 0.25) is 0 Å². The first-order chi connectivity index (χ1) is 13.4. The Morgan fingerprint density at radius 1 is 1.07 bits per heavy atom. The number of nitrogens with one attached hydrogen (secondary N) is 1. The molecule has 0 heterocycles. The van der Waals surface area contributed by atoms with Crippen molar-refractivity contribution in [2.24, 2.45) is 5.92 Å². The van der Waals surface area contributed by atoms with Crippen LogP contribution in [0.1, 0.15) is 29.5 Å². The van der Waals surface area contributed by atoms with Crippen LogP contribution in [0.5, 0.6) is 5.75 Å². The molecule has 148 valence electrons. The SMILES string of the molecule is Cc1cc(C)cc(OCCN(C)C(=O)Cc2ccc(NC(=O)C3CC3)cc2)c1. The molecule has 0 atom stereocenters. The van der Waals surface area contributed by atoms with Crippen molar-refractivity contribution in [1.29, 1.82) is 0 Å². The van der Waals surface area contributed by atoms with E-state index in [0.29, 0.717) is 19.6 Å². The Hall–Kier alpha value is -2.82. The highest BCUT2D eigenvalue weighted by molar-refractivity contribution is 5.94. The largest absolute Gasteiger partial charge is 0.492 e. The summed E-state index contributed by atoms with van der Waals surface area (Å²) in [7, 11) is 1.79. The predicted octanol–water partition coefficient (Wildman–Crippen LogP) is 3.73. The molecule has 2 aromatic carbocycles. The van der Waals surface area contributed by atoms with E-state index in [-0.39, 0.29) is 17.7 Å². The maximum atomic E-state index is 12.4. The molecule has 0 aromatic heterocycles. The zero-order valence-electron chi connectivity index (χ0n) is 16.8. The van der Waals surface area contributed by atoms with E-state index in [2.05, 4.69) is 11.4 Å². The highest BCUT2D eigenvalue weighted by Gasteiger charge is 2.29. The van der Waals surface area contributed by atoms with Gasteiger partial charge in [0.1, 0.15) is 12.4 Å². The van der Waals surface area contributed by atoms with Crippen molar-refractivity contribution in [2.75, 3.05) is 25.5 Å². The minimum Gasteiger partial charge on any atom is -0.492 e. The Labute approximate surface area is 166 Å². The van der Waals surface area contributed by atoms with Gasteiger partial charge in [-0.3, -0.25) is 9.59 Å². The fourth-order valence-electron chi connectivity index (χ4n) is 3.05. The van der Waals surface area contributed by atoms with E-state index in [4.69, 9.17) is 4.74 Å². The Morgan fingerprint density at radius 2 is 1.71 bits per heavy atom. The van der Waals surface area contributed by atoms with E-state index >= 15 is 0 Å². The maximum absolute atomic E-state index is 12.4. The van der Waals surface area contributed by atoms with Crippen molar-refractivity contribution in [3.63, 3.8) is 0 Å². The lowest BCUT2D eigenvalue weighted by Crippen LogP contribution is -2.32. The number of rotatable bonds is 8. The highest BCUT2D eigenvalue weighted by Crippen LogP contribution is 2.30. The minimum atomic E-state index is 0.0405. The van der Waals surface area contributed by atoms with Crippen LogP contribution in [0.15, 0.2) is 42.5 Å². The van der Waals surface area contributed by atoms with Gasteiger partial charge in [0.25, 0.3) is 0 Å². The fourth-order valence-corrected chi connectivity index (χ4v) is 3.05. The monoisotopic (exact) mass is 380 g/mol. The number of carbonyl (C=O) groups excluding carboxylic acids is 2. The average molecular weight is 380 g/mol. The molecule has 5 nitrogen and oxygen atoms in total. The van der Waals surface area contributed by atoms with E-state index in [1.165, 1.54) is 0 Å². The number of likely N-dealkylation sites (N-methyl/N-ethyl adjacent to an activating group) is 1. The van der Waals surface area contributed by atoms with Gasteiger partial charge in [0.15, 0.2) is 0 Å². The van der Waals surface area contributed by atoms with Gasteiger partial charge >= 0.3 is 0 Å². The molecule has 1 N–H and O–H groups in total. The van der Waals surface area contributed by atoms with Crippen molar-refractivity contribution in [3.05, 3.63) is 59.2 Å². The van der Waals surface area contributed by atoms with Crippen LogP contribution in [0.25, 0.3) is 0 Å². The Kier molecular flexibility index (Phi) is 6.34. The van der Waals surface area contributed by atoms with Gasteiger partial charge in [-0.25, -0.2) is 0 Å². The van der Waals surface area contributed by atoms with Gasteiger partial charge in [0, 0.05) is 18.7 Å². The summed E-state index contributed by atoms with van der Waals surface area (Å²) < 4.78 is 5.78. The van der Waals surface area contributed by atoms with Crippen LogP contribution in [0.3, 0.4) is 0 Å². The topological polar surface area (TPSA) is 58.6 Å². The second-order valence-corrected chi connectivity index (χ2v) is 7.62. The van der Waals surface area contributed by atoms with E-state index in [9.17, 15) is 9.59 Å². The molecule has 0 aliphatic heterocycles. The molecule has 2 aromatic rings. The van der Waals surface area contributed by atoms with Gasteiger partial charge in [-0.05, 0) is 67.6 Å². The molecule has 28 heavy (non-hydrogen) atoms. The number of benzene rings is 2. The van der Waals surface area contributed by atoms with E-state index < -0.39 is 0 Å². The van der Waals surface area contributed by atoms with Gasteiger partial charge in [0.05, 0.1) is 13.0 Å². The van der Waals surface area contributed by atoms with Crippen molar-refractivity contribution in [3.8, 4) is 5.75 Å². The quantitative estimate of drug-likeness (QED) is 0.759. The number of aryl methyl sites for hydroxylation is 2. The first kappa shape index (κ1) is 19.9. The van der Waals surface area contributed by atoms with Gasteiger partial charge in [-0.2, -0.15) is 0 Å². The molecule has 0 bridgehead atoms. The lowest BCUT2D eigenvalue weighted by atomic mass is 10.1. The molecule has 1 aliphatic rings.